The molecule has 19 heavy (non-hydrogen) atoms. The number of aromatic hydroxyl groups is 1. The summed E-state index contributed by atoms with van der Waals surface area (Å²) in [5.74, 6) is 0.325. The van der Waals surface area contributed by atoms with Gasteiger partial charge >= 0.3 is 0 Å². The third kappa shape index (κ3) is 3.14. The summed E-state index contributed by atoms with van der Waals surface area (Å²) in [6.45, 7) is 7.48. The number of phenolic OH excluding ortho intramolecular Hbond substituents is 1. The van der Waals surface area contributed by atoms with Crippen molar-refractivity contribution in [2.45, 2.75) is 12.8 Å². The van der Waals surface area contributed by atoms with Gasteiger partial charge in [0.15, 0.2) is 0 Å². The van der Waals surface area contributed by atoms with E-state index in [-0.39, 0.29) is 0 Å². The summed E-state index contributed by atoms with van der Waals surface area (Å²) in [6, 6.07) is 14.1. The van der Waals surface area contributed by atoms with Gasteiger partial charge in [0.05, 0.1) is 0 Å². The van der Waals surface area contributed by atoms with Crippen LogP contribution in [0.5, 0.6) is 5.75 Å². The summed E-state index contributed by atoms with van der Waals surface area (Å²) >= 11 is 0. The molecular weight excluding hydrogens is 232 g/mol. The topological polar surface area (TPSA) is 20.2 Å². The van der Waals surface area contributed by atoms with Crippen LogP contribution in [-0.4, -0.2) is 5.11 Å². The standard InChI is InChI=1S/C18H18O/c1-3-6-14-8-5-9-15(12-14)16-10-11-18(19)17(13-16)7-4-2/h3-5,8-13,19H,1-2,6-7H2. The highest BCUT2D eigenvalue weighted by Gasteiger charge is 2.04. The molecule has 0 bridgehead atoms. The zero-order chi connectivity index (χ0) is 13.7. The minimum atomic E-state index is 0.325. The molecule has 0 fully saturated rings. The largest absolute Gasteiger partial charge is 0.508 e. The Hall–Kier alpha value is -2.28. The van der Waals surface area contributed by atoms with E-state index in [0.29, 0.717) is 12.2 Å². The summed E-state index contributed by atoms with van der Waals surface area (Å²) in [4.78, 5) is 0. The second-order valence-electron chi connectivity index (χ2n) is 4.53. The van der Waals surface area contributed by atoms with Gasteiger partial charge in [-0.25, -0.2) is 0 Å². The molecule has 0 aliphatic carbocycles. The van der Waals surface area contributed by atoms with Gasteiger partial charge in [0, 0.05) is 0 Å². The molecule has 0 amide bonds. The summed E-state index contributed by atoms with van der Waals surface area (Å²) in [7, 11) is 0. The third-order valence-corrected chi connectivity index (χ3v) is 3.08. The molecule has 0 saturated carbocycles. The second kappa shape index (κ2) is 6.05. The fourth-order valence-corrected chi connectivity index (χ4v) is 2.13. The Labute approximate surface area is 114 Å². The van der Waals surface area contributed by atoms with E-state index in [1.165, 1.54) is 5.56 Å². The molecule has 2 aromatic rings. The highest BCUT2D eigenvalue weighted by atomic mass is 16.3. The van der Waals surface area contributed by atoms with Crippen molar-refractivity contribution in [3.63, 3.8) is 0 Å². The van der Waals surface area contributed by atoms with E-state index < -0.39 is 0 Å². The molecule has 0 unspecified atom stereocenters. The molecular formula is C18H18O. The van der Waals surface area contributed by atoms with Crippen molar-refractivity contribution in [2.75, 3.05) is 0 Å². The first-order valence-corrected chi connectivity index (χ1v) is 6.37. The van der Waals surface area contributed by atoms with Gasteiger partial charge < -0.3 is 5.11 Å². The van der Waals surface area contributed by atoms with Crippen molar-refractivity contribution in [1.29, 1.82) is 0 Å². The zero-order valence-electron chi connectivity index (χ0n) is 11.0. The lowest BCUT2D eigenvalue weighted by molar-refractivity contribution is 0.470. The van der Waals surface area contributed by atoms with Gasteiger partial charge in [0.2, 0.25) is 0 Å². The van der Waals surface area contributed by atoms with Crippen LogP contribution in [0.1, 0.15) is 11.1 Å². The van der Waals surface area contributed by atoms with Crippen LogP contribution in [0, 0.1) is 0 Å². The Morgan fingerprint density at radius 3 is 2.37 bits per heavy atom. The molecule has 0 atom stereocenters. The number of hydrogen-bond donors (Lipinski definition) is 1. The molecule has 0 saturated heterocycles. The van der Waals surface area contributed by atoms with Crippen LogP contribution in [0.25, 0.3) is 11.1 Å². The lowest BCUT2D eigenvalue weighted by Gasteiger charge is -2.08. The first-order valence-electron chi connectivity index (χ1n) is 6.37. The average Bonchev–Trinajstić information content (AvgIpc) is 2.42. The van der Waals surface area contributed by atoms with Gasteiger partial charge in [-0.2, -0.15) is 0 Å². The van der Waals surface area contributed by atoms with Gasteiger partial charge in [0.1, 0.15) is 5.75 Å². The number of allylic oxidation sites excluding steroid dienone is 2. The van der Waals surface area contributed by atoms with E-state index in [9.17, 15) is 5.11 Å². The van der Waals surface area contributed by atoms with Crippen LogP contribution in [0.15, 0.2) is 67.8 Å². The van der Waals surface area contributed by atoms with Crippen molar-refractivity contribution in [1.82, 2.24) is 0 Å². The summed E-state index contributed by atoms with van der Waals surface area (Å²) in [6.07, 6.45) is 5.24. The molecule has 0 heterocycles. The van der Waals surface area contributed by atoms with E-state index in [1.54, 1.807) is 12.1 Å². The predicted octanol–water partition coefficient (Wildman–Crippen LogP) is 4.52. The van der Waals surface area contributed by atoms with E-state index in [4.69, 9.17) is 0 Å². The normalized spacial score (nSPS) is 10.1. The average molecular weight is 250 g/mol. The maximum Gasteiger partial charge on any atom is 0.119 e. The Morgan fingerprint density at radius 2 is 1.63 bits per heavy atom. The molecule has 2 rings (SSSR count). The molecule has 1 heteroatoms. The summed E-state index contributed by atoms with van der Waals surface area (Å²) < 4.78 is 0. The van der Waals surface area contributed by atoms with Crippen LogP contribution < -0.4 is 0 Å². The summed E-state index contributed by atoms with van der Waals surface area (Å²) in [5, 5.41) is 9.79. The number of rotatable bonds is 5. The maximum absolute atomic E-state index is 9.79. The van der Waals surface area contributed by atoms with Gasteiger partial charge in [-0.15, -0.1) is 13.2 Å². The van der Waals surface area contributed by atoms with E-state index >= 15 is 0 Å². The van der Waals surface area contributed by atoms with Crippen molar-refractivity contribution >= 4 is 0 Å². The van der Waals surface area contributed by atoms with Crippen molar-refractivity contribution in [3.05, 3.63) is 78.9 Å². The second-order valence-corrected chi connectivity index (χ2v) is 4.53. The monoisotopic (exact) mass is 250 g/mol. The molecule has 0 aliphatic rings. The molecule has 1 nitrogen and oxygen atoms in total. The van der Waals surface area contributed by atoms with Crippen LogP contribution in [-0.2, 0) is 12.8 Å². The number of hydrogen-bond acceptors (Lipinski definition) is 1. The Bertz CT molecular complexity index is 596. The minimum absolute atomic E-state index is 0.325. The first kappa shape index (κ1) is 13.2. The van der Waals surface area contributed by atoms with Crippen LogP contribution in [0.2, 0.25) is 0 Å². The Balaban J connectivity index is 2.40. The fraction of sp³-hybridized carbons (Fsp3) is 0.111. The number of phenols is 1. The molecule has 96 valence electrons. The van der Waals surface area contributed by atoms with Crippen LogP contribution in [0.4, 0.5) is 0 Å². The van der Waals surface area contributed by atoms with Gasteiger partial charge in [0.25, 0.3) is 0 Å². The van der Waals surface area contributed by atoms with Gasteiger partial charge in [-0.05, 0) is 47.2 Å². The van der Waals surface area contributed by atoms with Gasteiger partial charge in [-0.3, -0.25) is 0 Å². The zero-order valence-corrected chi connectivity index (χ0v) is 11.0. The Kier molecular flexibility index (Phi) is 4.19. The van der Waals surface area contributed by atoms with Crippen molar-refractivity contribution < 1.29 is 5.11 Å². The van der Waals surface area contributed by atoms with Crippen LogP contribution >= 0.6 is 0 Å². The molecule has 0 aromatic heterocycles. The molecule has 0 aliphatic heterocycles. The van der Waals surface area contributed by atoms with E-state index in [1.807, 2.05) is 24.3 Å². The molecule has 1 N–H and O–H groups in total. The fourth-order valence-electron chi connectivity index (χ4n) is 2.13. The number of benzene rings is 2. The quantitative estimate of drug-likeness (QED) is 0.774. The summed E-state index contributed by atoms with van der Waals surface area (Å²) in [5.41, 5.74) is 4.41. The lowest BCUT2D eigenvalue weighted by atomic mass is 9.98. The first-order chi connectivity index (χ1) is 9.24. The molecule has 0 spiro atoms. The maximum atomic E-state index is 9.79. The highest BCUT2D eigenvalue weighted by molar-refractivity contribution is 5.66. The molecule has 2 aromatic carbocycles. The lowest BCUT2D eigenvalue weighted by Crippen LogP contribution is -1.87. The Morgan fingerprint density at radius 1 is 0.895 bits per heavy atom. The third-order valence-electron chi connectivity index (χ3n) is 3.08. The highest BCUT2D eigenvalue weighted by Crippen LogP contribution is 2.27. The molecule has 0 radical (unpaired) electrons. The smallest absolute Gasteiger partial charge is 0.119 e. The predicted molar refractivity (Wildman–Crippen MR) is 81.3 cm³/mol. The van der Waals surface area contributed by atoms with E-state index in [2.05, 4.69) is 31.4 Å². The van der Waals surface area contributed by atoms with Gasteiger partial charge in [-0.1, -0.05) is 42.5 Å². The van der Waals surface area contributed by atoms with Crippen molar-refractivity contribution in [3.8, 4) is 16.9 Å². The minimum Gasteiger partial charge on any atom is -0.508 e. The van der Waals surface area contributed by atoms with Crippen LogP contribution in [0.3, 0.4) is 0 Å². The van der Waals surface area contributed by atoms with Crippen molar-refractivity contribution in [2.24, 2.45) is 0 Å². The van der Waals surface area contributed by atoms with E-state index in [0.717, 1.165) is 23.1 Å². The SMILES string of the molecule is C=CCc1cccc(-c2ccc(O)c(CC=C)c2)c1.